The van der Waals surface area contributed by atoms with Gasteiger partial charge in [-0.1, -0.05) is 30.3 Å². The number of fused-ring (bicyclic) bond motifs is 1. The average molecular weight is 271 g/mol. The fraction of sp³-hybridized carbons (Fsp3) is 0.250. The standard InChI is InChI=1S/C16H17NO3/c1-17-9-11-4-2-3-5-13(11)16(20,10-17)12-6-7-14(18)15(19)8-12/h2-8,18-20H,9-10H2,1H3. The Morgan fingerprint density at radius 2 is 1.80 bits per heavy atom. The number of rotatable bonds is 1. The van der Waals surface area contributed by atoms with E-state index >= 15 is 0 Å². The van der Waals surface area contributed by atoms with Crippen LogP contribution in [0.2, 0.25) is 0 Å². The first kappa shape index (κ1) is 13.0. The molecule has 0 radical (unpaired) electrons. The highest BCUT2D eigenvalue weighted by Crippen LogP contribution is 2.39. The predicted octanol–water partition coefficient (Wildman–Crippen LogP) is 1.78. The minimum Gasteiger partial charge on any atom is -0.504 e. The summed E-state index contributed by atoms with van der Waals surface area (Å²) in [7, 11) is 1.95. The number of aromatic hydroxyl groups is 2. The molecule has 0 aromatic heterocycles. The molecule has 0 fully saturated rings. The third kappa shape index (κ3) is 1.94. The van der Waals surface area contributed by atoms with Crippen molar-refractivity contribution in [3.8, 4) is 11.5 Å². The predicted molar refractivity (Wildman–Crippen MR) is 75.5 cm³/mol. The van der Waals surface area contributed by atoms with E-state index in [2.05, 4.69) is 0 Å². The minimum absolute atomic E-state index is 0.185. The smallest absolute Gasteiger partial charge is 0.157 e. The van der Waals surface area contributed by atoms with Gasteiger partial charge in [-0.3, -0.25) is 4.90 Å². The minimum atomic E-state index is -1.19. The van der Waals surface area contributed by atoms with Crippen LogP contribution in [0.5, 0.6) is 11.5 Å². The highest BCUT2D eigenvalue weighted by Gasteiger charge is 2.38. The van der Waals surface area contributed by atoms with Crippen LogP contribution in [-0.2, 0) is 12.1 Å². The van der Waals surface area contributed by atoms with E-state index in [1.807, 2.05) is 36.2 Å². The number of hydrogen-bond donors (Lipinski definition) is 3. The summed E-state index contributed by atoms with van der Waals surface area (Å²) in [6.07, 6.45) is 0. The van der Waals surface area contributed by atoms with E-state index in [4.69, 9.17) is 0 Å². The lowest BCUT2D eigenvalue weighted by molar-refractivity contribution is 0.0280. The van der Waals surface area contributed by atoms with Crippen molar-refractivity contribution in [2.75, 3.05) is 13.6 Å². The fourth-order valence-electron chi connectivity index (χ4n) is 2.91. The number of nitrogens with zero attached hydrogens (tertiary/aromatic N) is 1. The molecule has 4 nitrogen and oxygen atoms in total. The van der Waals surface area contributed by atoms with Gasteiger partial charge in [-0.15, -0.1) is 0 Å². The number of phenolic OH excluding ortho intramolecular Hbond substituents is 2. The first-order chi connectivity index (χ1) is 9.50. The highest BCUT2D eigenvalue weighted by atomic mass is 16.3. The molecule has 20 heavy (non-hydrogen) atoms. The quantitative estimate of drug-likeness (QED) is 0.692. The Morgan fingerprint density at radius 3 is 2.55 bits per heavy atom. The van der Waals surface area contributed by atoms with E-state index in [-0.39, 0.29) is 11.5 Å². The summed E-state index contributed by atoms with van der Waals surface area (Å²) < 4.78 is 0. The Labute approximate surface area is 117 Å². The van der Waals surface area contributed by atoms with E-state index in [9.17, 15) is 15.3 Å². The average Bonchev–Trinajstić information content (AvgIpc) is 2.41. The van der Waals surface area contributed by atoms with Crippen LogP contribution in [0.25, 0.3) is 0 Å². The van der Waals surface area contributed by atoms with Crippen molar-refractivity contribution in [1.29, 1.82) is 0 Å². The summed E-state index contributed by atoms with van der Waals surface area (Å²) in [5.41, 5.74) is 1.31. The van der Waals surface area contributed by atoms with Gasteiger partial charge in [-0.05, 0) is 35.9 Å². The van der Waals surface area contributed by atoms with Crippen LogP contribution in [0.3, 0.4) is 0 Å². The van der Waals surface area contributed by atoms with Crippen molar-refractivity contribution >= 4 is 0 Å². The zero-order chi connectivity index (χ0) is 14.3. The van der Waals surface area contributed by atoms with E-state index in [1.54, 1.807) is 6.07 Å². The van der Waals surface area contributed by atoms with Crippen LogP contribution in [-0.4, -0.2) is 33.8 Å². The molecule has 0 aliphatic carbocycles. The molecule has 0 saturated carbocycles. The second-order valence-corrected chi connectivity index (χ2v) is 5.39. The van der Waals surface area contributed by atoms with Crippen LogP contribution >= 0.6 is 0 Å². The topological polar surface area (TPSA) is 63.9 Å². The Hall–Kier alpha value is -2.04. The van der Waals surface area contributed by atoms with Gasteiger partial charge in [0.25, 0.3) is 0 Å². The van der Waals surface area contributed by atoms with Gasteiger partial charge in [0.15, 0.2) is 11.5 Å². The van der Waals surface area contributed by atoms with Gasteiger partial charge in [0.2, 0.25) is 0 Å². The zero-order valence-electron chi connectivity index (χ0n) is 11.2. The molecule has 0 bridgehead atoms. The number of β-amino-alcohol motifs (C(OH)–C–C–N with tert-alkyl or cyclic N) is 1. The Balaban J connectivity index is 2.17. The highest BCUT2D eigenvalue weighted by molar-refractivity contribution is 5.48. The number of phenols is 2. The molecule has 104 valence electrons. The lowest BCUT2D eigenvalue weighted by Gasteiger charge is -2.39. The Kier molecular flexibility index (Phi) is 2.92. The maximum atomic E-state index is 11.1. The van der Waals surface area contributed by atoms with Crippen molar-refractivity contribution in [2.24, 2.45) is 0 Å². The van der Waals surface area contributed by atoms with Crippen molar-refractivity contribution < 1.29 is 15.3 Å². The molecule has 4 heteroatoms. The van der Waals surface area contributed by atoms with E-state index in [1.165, 1.54) is 12.1 Å². The lowest BCUT2D eigenvalue weighted by atomic mass is 9.80. The summed E-state index contributed by atoms with van der Waals surface area (Å²) in [5.74, 6) is -0.406. The molecule has 0 spiro atoms. The molecule has 1 unspecified atom stereocenters. The maximum absolute atomic E-state index is 11.1. The molecule has 3 rings (SSSR count). The molecule has 0 amide bonds. The van der Waals surface area contributed by atoms with Crippen LogP contribution in [0.4, 0.5) is 0 Å². The van der Waals surface area contributed by atoms with Crippen molar-refractivity contribution in [1.82, 2.24) is 4.90 Å². The van der Waals surface area contributed by atoms with Crippen LogP contribution in [0, 0.1) is 0 Å². The van der Waals surface area contributed by atoms with E-state index in [0.717, 1.165) is 17.7 Å². The van der Waals surface area contributed by atoms with Gasteiger partial charge in [0.05, 0.1) is 0 Å². The first-order valence-electron chi connectivity index (χ1n) is 6.52. The Morgan fingerprint density at radius 1 is 1.05 bits per heavy atom. The lowest BCUT2D eigenvalue weighted by Crippen LogP contribution is -2.44. The van der Waals surface area contributed by atoms with Crippen molar-refractivity contribution in [3.63, 3.8) is 0 Å². The molecule has 1 atom stereocenters. The molecular formula is C16H17NO3. The SMILES string of the molecule is CN1Cc2ccccc2C(O)(c2ccc(O)c(O)c2)C1. The summed E-state index contributed by atoms with van der Waals surface area (Å²) in [6, 6.07) is 12.2. The van der Waals surface area contributed by atoms with E-state index < -0.39 is 5.60 Å². The second-order valence-electron chi connectivity index (χ2n) is 5.39. The zero-order valence-corrected chi connectivity index (χ0v) is 11.2. The van der Waals surface area contributed by atoms with Gasteiger partial charge in [0, 0.05) is 13.1 Å². The number of hydrogen-bond acceptors (Lipinski definition) is 4. The third-order valence-corrected chi connectivity index (χ3v) is 3.85. The monoisotopic (exact) mass is 271 g/mol. The van der Waals surface area contributed by atoms with Crippen LogP contribution < -0.4 is 0 Å². The van der Waals surface area contributed by atoms with E-state index in [0.29, 0.717) is 12.1 Å². The molecule has 0 saturated heterocycles. The number of benzene rings is 2. The molecule has 1 aliphatic heterocycles. The van der Waals surface area contributed by atoms with Crippen LogP contribution in [0.1, 0.15) is 16.7 Å². The van der Waals surface area contributed by atoms with Crippen molar-refractivity contribution in [2.45, 2.75) is 12.1 Å². The number of aliphatic hydroxyl groups is 1. The fourth-order valence-corrected chi connectivity index (χ4v) is 2.91. The Bertz CT molecular complexity index is 656. The largest absolute Gasteiger partial charge is 0.504 e. The van der Waals surface area contributed by atoms with Crippen LogP contribution in [0.15, 0.2) is 42.5 Å². The molecule has 3 N–H and O–H groups in total. The second kappa shape index (κ2) is 4.51. The molecule has 1 aliphatic rings. The van der Waals surface area contributed by atoms with Gasteiger partial charge in [-0.25, -0.2) is 0 Å². The van der Waals surface area contributed by atoms with Crippen molar-refractivity contribution in [3.05, 3.63) is 59.2 Å². The summed E-state index contributed by atoms with van der Waals surface area (Å²) >= 11 is 0. The third-order valence-electron chi connectivity index (χ3n) is 3.85. The normalized spacial score (nSPS) is 22.5. The number of likely N-dealkylation sites (N-methyl/N-ethyl adjacent to an activating group) is 1. The maximum Gasteiger partial charge on any atom is 0.157 e. The molecule has 1 heterocycles. The van der Waals surface area contributed by atoms with Gasteiger partial charge in [0.1, 0.15) is 5.60 Å². The van der Waals surface area contributed by atoms with Gasteiger partial charge < -0.3 is 15.3 Å². The summed E-state index contributed by atoms with van der Waals surface area (Å²) in [6.45, 7) is 1.22. The summed E-state index contributed by atoms with van der Waals surface area (Å²) in [4.78, 5) is 2.03. The molecule has 2 aromatic carbocycles. The first-order valence-corrected chi connectivity index (χ1v) is 6.52. The van der Waals surface area contributed by atoms with Gasteiger partial charge in [-0.2, -0.15) is 0 Å². The van der Waals surface area contributed by atoms with Gasteiger partial charge >= 0.3 is 0 Å². The molecule has 2 aromatic rings. The summed E-state index contributed by atoms with van der Waals surface area (Å²) in [5, 5.41) is 30.3. The molecular weight excluding hydrogens is 254 g/mol.